The normalized spacial score (nSPS) is 36.5. The molecule has 4 atom stereocenters. The number of carboxylic acid groups (broad SMARTS) is 1. The minimum absolute atomic E-state index is 0.112. The monoisotopic (exact) mass is 222 g/mol. The molecule has 0 aromatic rings. The highest BCUT2D eigenvalue weighted by Crippen LogP contribution is 2.15. The fourth-order valence-corrected chi connectivity index (χ4v) is 1.28. The summed E-state index contributed by atoms with van der Waals surface area (Å²) in [6.07, 6.45) is -4.52. The van der Waals surface area contributed by atoms with Gasteiger partial charge in [-0.05, 0) is 0 Å². The highest BCUT2D eigenvalue weighted by molar-refractivity contribution is 5.67. The maximum atomic E-state index is 10.1. The number of hydrogen-bond acceptors (Lipinski definition) is 6. The van der Waals surface area contributed by atoms with Gasteiger partial charge in [0.05, 0.1) is 13.2 Å². The van der Waals surface area contributed by atoms with E-state index in [1.807, 2.05) is 0 Å². The second-order valence-corrected chi connectivity index (χ2v) is 3.33. The zero-order chi connectivity index (χ0) is 11.4. The van der Waals surface area contributed by atoms with Crippen LogP contribution in [-0.4, -0.2) is 70.6 Å². The van der Waals surface area contributed by atoms with Crippen LogP contribution in [0.3, 0.4) is 0 Å². The second-order valence-electron chi connectivity index (χ2n) is 3.33. The van der Waals surface area contributed by atoms with Crippen LogP contribution in [0.2, 0.25) is 0 Å². The molecule has 7 heteroatoms. The van der Waals surface area contributed by atoms with Gasteiger partial charge >= 0.3 is 5.97 Å². The number of ether oxygens (including phenoxy) is 2. The van der Waals surface area contributed by atoms with Crippen LogP contribution in [-0.2, 0) is 14.3 Å². The van der Waals surface area contributed by atoms with Crippen LogP contribution in [0.1, 0.15) is 0 Å². The number of aliphatic carboxylic acids is 1. The van der Waals surface area contributed by atoms with E-state index in [4.69, 9.17) is 19.7 Å². The molecule has 1 fully saturated rings. The zero-order valence-electron chi connectivity index (χ0n) is 7.94. The lowest BCUT2D eigenvalue weighted by molar-refractivity contribution is -0.200. The van der Waals surface area contributed by atoms with Crippen LogP contribution < -0.4 is 0 Å². The largest absolute Gasteiger partial charge is 0.480 e. The summed E-state index contributed by atoms with van der Waals surface area (Å²) in [6, 6.07) is 0. The topological polar surface area (TPSA) is 116 Å². The van der Waals surface area contributed by atoms with Gasteiger partial charge in [-0.25, -0.2) is 4.79 Å². The molecule has 0 unspecified atom stereocenters. The van der Waals surface area contributed by atoms with Crippen molar-refractivity contribution in [2.45, 2.75) is 24.4 Å². The van der Waals surface area contributed by atoms with Crippen LogP contribution in [0.4, 0.5) is 0 Å². The lowest BCUT2D eigenvalue weighted by Crippen LogP contribution is -2.54. The van der Waals surface area contributed by atoms with Crippen LogP contribution in [0.15, 0.2) is 0 Å². The van der Waals surface area contributed by atoms with Crippen molar-refractivity contribution >= 4 is 5.97 Å². The molecule has 1 saturated heterocycles. The van der Waals surface area contributed by atoms with Crippen LogP contribution in [0.25, 0.3) is 0 Å². The average Bonchev–Trinajstić information content (AvgIpc) is 2.18. The minimum Gasteiger partial charge on any atom is -0.480 e. The molecule has 1 aliphatic heterocycles. The standard InChI is InChI=1S/C8H14O7/c9-4-1-15-5(8(13)7(4)12)2-14-3-6(10)11/h4-5,7-9,12-13H,1-3H2,(H,10,11)/t4-,5+,7+,8+/m0/s1. The van der Waals surface area contributed by atoms with Crippen LogP contribution in [0, 0.1) is 0 Å². The number of carboxylic acids is 1. The summed E-state index contributed by atoms with van der Waals surface area (Å²) in [4.78, 5) is 10.1. The minimum atomic E-state index is -1.29. The molecule has 4 N–H and O–H groups in total. The Labute approximate surface area is 85.9 Å². The Hall–Kier alpha value is -0.730. The van der Waals surface area contributed by atoms with Crippen molar-refractivity contribution in [2.24, 2.45) is 0 Å². The van der Waals surface area contributed by atoms with Crippen molar-refractivity contribution in [3.63, 3.8) is 0 Å². The third-order valence-corrected chi connectivity index (χ3v) is 2.11. The van der Waals surface area contributed by atoms with E-state index in [9.17, 15) is 15.0 Å². The molecule has 0 aliphatic carbocycles. The maximum absolute atomic E-state index is 10.1. The molecule has 0 aromatic heterocycles. The molecule has 0 spiro atoms. The lowest BCUT2D eigenvalue weighted by Gasteiger charge is -2.34. The van der Waals surface area contributed by atoms with E-state index in [1.54, 1.807) is 0 Å². The van der Waals surface area contributed by atoms with Gasteiger partial charge in [0.25, 0.3) is 0 Å². The van der Waals surface area contributed by atoms with Crippen molar-refractivity contribution in [3.8, 4) is 0 Å². The first kappa shape index (κ1) is 12.3. The third kappa shape index (κ3) is 3.40. The maximum Gasteiger partial charge on any atom is 0.329 e. The van der Waals surface area contributed by atoms with E-state index in [1.165, 1.54) is 0 Å². The van der Waals surface area contributed by atoms with Gasteiger partial charge in [-0.15, -0.1) is 0 Å². The summed E-state index contributed by atoms with van der Waals surface area (Å²) < 4.78 is 9.69. The highest BCUT2D eigenvalue weighted by Gasteiger charge is 2.37. The second kappa shape index (κ2) is 5.38. The van der Waals surface area contributed by atoms with Crippen molar-refractivity contribution in [2.75, 3.05) is 19.8 Å². The van der Waals surface area contributed by atoms with Gasteiger partial charge in [0, 0.05) is 0 Å². The van der Waals surface area contributed by atoms with Crippen molar-refractivity contribution in [3.05, 3.63) is 0 Å². The highest BCUT2D eigenvalue weighted by atomic mass is 16.6. The molecule has 1 aliphatic rings. The smallest absolute Gasteiger partial charge is 0.329 e. The average molecular weight is 222 g/mol. The van der Waals surface area contributed by atoms with Crippen molar-refractivity contribution in [1.82, 2.24) is 0 Å². The van der Waals surface area contributed by atoms with Gasteiger partial charge in [0.1, 0.15) is 31.0 Å². The fourth-order valence-electron chi connectivity index (χ4n) is 1.28. The van der Waals surface area contributed by atoms with Gasteiger partial charge in [-0.2, -0.15) is 0 Å². The number of aliphatic hydroxyl groups is 3. The first-order chi connectivity index (χ1) is 7.02. The molecule has 0 saturated carbocycles. The number of aliphatic hydroxyl groups excluding tert-OH is 3. The van der Waals surface area contributed by atoms with Crippen LogP contribution in [0.5, 0.6) is 0 Å². The Bertz CT molecular complexity index is 219. The molecule has 15 heavy (non-hydrogen) atoms. The molecule has 0 radical (unpaired) electrons. The number of carbonyl (C=O) groups is 1. The molecule has 0 amide bonds. The molecule has 1 rings (SSSR count). The first-order valence-electron chi connectivity index (χ1n) is 4.47. The van der Waals surface area contributed by atoms with E-state index in [2.05, 4.69) is 0 Å². The number of rotatable bonds is 4. The van der Waals surface area contributed by atoms with Gasteiger partial charge in [-0.3, -0.25) is 0 Å². The molecular formula is C8H14O7. The van der Waals surface area contributed by atoms with Crippen molar-refractivity contribution in [1.29, 1.82) is 0 Å². The SMILES string of the molecule is O=C(O)COC[C@H]1OC[C@H](O)[C@@H](O)[C@@H]1O. The molecular weight excluding hydrogens is 208 g/mol. The molecule has 7 nitrogen and oxygen atoms in total. The summed E-state index contributed by atoms with van der Waals surface area (Å²) in [5.41, 5.74) is 0. The van der Waals surface area contributed by atoms with Crippen molar-refractivity contribution < 1.29 is 34.7 Å². The van der Waals surface area contributed by atoms with E-state index < -0.39 is 37.0 Å². The molecule has 88 valence electrons. The quantitative estimate of drug-likeness (QED) is 0.418. The van der Waals surface area contributed by atoms with Gasteiger partial charge in [0.15, 0.2) is 0 Å². The fraction of sp³-hybridized carbons (Fsp3) is 0.875. The molecule has 0 aromatic carbocycles. The molecule has 0 bridgehead atoms. The molecule has 1 heterocycles. The van der Waals surface area contributed by atoms with E-state index in [0.717, 1.165) is 0 Å². The Morgan fingerprint density at radius 3 is 2.60 bits per heavy atom. The Balaban J connectivity index is 2.32. The van der Waals surface area contributed by atoms with Gasteiger partial charge in [-0.1, -0.05) is 0 Å². The predicted octanol–water partition coefficient (Wildman–Crippen LogP) is -2.43. The Morgan fingerprint density at radius 2 is 2.00 bits per heavy atom. The predicted molar refractivity (Wildman–Crippen MR) is 46.2 cm³/mol. The van der Waals surface area contributed by atoms with Gasteiger partial charge < -0.3 is 29.9 Å². The summed E-state index contributed by atoms with van der Waals surface area (Å²) in [6.45, 7) is -0.748. The zero-order valence-corrected chi connectivity index (χ0v) is 7.94. The lowest BCUT2D eigenvalue weighted by atomic mass is 10.0. The van der Waals surface area contributed by atoms with E-state index in [-0.39, 0.29) is 13.2 Å². The Kier molecular flexibility index (Phi) is 4.43. The Morgan fingerprint density at radius 1 is 1.33 bits per heavy atom. The van der Waals surface area contributed by atoms with E-state index >= 15 is 0 Å². The third-order valence-electron chi connectivity index (χ3n) is 2.11. The summed E-state index contributed by atoms with van der Waals surface area (Å²) in [5.74, 6) is -1.12. The van der Waals surface area contributed by atoms with E-state index in [0.29, 0.717) is 0 Å². The summed E-state index contributed by atoms with van der Waals surface area (Å²) in [7, 11) is 0. The number of hydrogen-bond donors (Lipinski definition) is 4. The van der Waals surface area contributed by atoms with Gasteiger partial charge in [0.2, 0.25) is 0 Å². The summed E-state index contributed by atoms with van der Waals surface area (Å²) in [5, 5.41) is 36.1. The summed E-state index contributed by atoms with van der Waals surface area (Å²) >= 11 is 0. The van der Waals surface area contributed by atoms with Crippen LogP contribution >= 0.6 is 0 Å². The first-order valence-corrected chi connectivity index (χ1v) is 4.47.